The zero-order valence-electron chi connectivity index (χ0n) is 11.2. The Morgan fingerprint density at radius 2 is 2.11 bits per heavy atom. The standard InChI is InChI=1S/C12H21BrN4O/c1-4-9(5-2)17(7-6-14)12-15-8-10(13)11(16-12)18-3/h8-9H,4-7,14H2,1-3H3. The van der Waals surface area contributed by atoms with Crippen LogP contribution < -0.4 is 15.4 Å². The van der Waals surface area contributed by atoms with Gasteiger partial charge in [0.1, 0.15) is 0 Å². The summed E-state index contributed by atoms with van der Waals surface area (Å²) in [6, 6.07) is 0.402. The van der Waals surface area contributed by atoms with Crippen molar-refractivity contribution in [1.29, 1.82) is 0 Å². The second-order valence-electron chi connectivity index (χ2n) is 3.98. The molecule has 2 N–H and O–H groups in total. The highest BCUT2D eigenvalue weighted by atomic mass is 79.9. The maximum Gasteiger partial charge on any atom is 0.232 e. The molecular formula is C12H21BrN4O. The number of nitrogens with two attached hydrogens (primary N) is 1. The fourth-order valence-corrected chi connectivity index (χ4v) is 2.29. The van der Waals surface area contributed by atoms with Gasteiger partial charge in [0.05, 0.1) is 17.8 Å². The highest BCUT2D eigenvalue weighted by molar-refractivity contribution is 9.10. The second-order valence-corrected chi connectivity index (χ2v) is 4.83. The molecule has 1 aromatic rings. The molecule has 0 aliphatic heterocycles. The molecule has 0 saturated heterocycles. The number of nitrogens with zero attached hydrogens (tertiary/aromatic N) is 3. The monoisotopic (exact) mass is 316 g/mol. The highest BCUT2D eigenvalue weighted by Gasteiger charge is 2.18. The fourth-order valence-electron chi connectivity index (χ4n) is 1.94. The first-order chi connectivity index (χ1) is 8.67. The maximum atomic E-state index is 5.68. The Hall–Kier alpha value is -0.880. The van der Waals surface area contributed by atoms with Gasteiger partial charge in [0.2, 0.25) is 11.8 Å². The summed E-state index contributed by atoms with van der Waals surface area (Å²) in [5.41, 5.74) is 5.68. The van der Waals surface area contributed by atoms with Gasteiger partial charge in [-0.1, -0.05) is 13.8 Å². The minimum atomic E-state index is 0.402. The number of aromatic nitrogens is 2. The third-order valence-electron chi connectivity index (χ3n) is 2.90. The molecule has 0 atom stereocenters. The number of rotatable bonds is 7. The average molecular weight is 317 g/mol. The summed E-state index contributed by atoms with van der Waals surface area (Å²) >= 11 is 3.36. The van der Waals surface area contributed by atoms with E-state index in [2.05, 4.69) is 44.6 Å². The van der Waals surface area contributed by atoms with Crippen molar-refractivity contribution >= 4 is 21.9 Å². The predicted molar refractivity (Wildman–Crippen MR) is 77.1 cm³/mol. The summed E-state index contributed by atoms with van der Waals surface area (Å²) in [5, 5.41) is 0. The second kappa shape index (κ2) is 7.53. The molecule has 0 unspecified atom stereocenters. The summed E-state index contributed by atoms with van der Waals surface area (Å²) < 4.78 is 5.96. The summed E-state index contributed by atoms with van der Waals surface area (Å²) in [6.07, 6.45) is 3.80. The van der Waals surface area contributed by atoms with Crippen LogP contribution in [0.1, 0.15) is 26.7 Å². The maximum absolute atomic E-state index is 5.68. The van der Waals surface area contributed by atoms with Crippen LogP contribution in [0.2, 0.25) is 0 Å². The molecule has 5 nitrogen and oxygen atoms in total. The zero-order chi connectivity index (χ0) is 13.5. The molecule has 0 saturated carbocycles. The third-order valence-corrected chi connectivity index (χ3v) is 3.45. The molecule has 0 aliphatic carbocycles. The normalized spacial score (nSPS) is 10.8. The lowest BCUT2D eigenvalue weighted by atomic mass is 10.1. The first kappa shape index (κ1) is 15.2. The Labute approximate surface area is 117 Å². The van der Waals surface area contributed by atoms with Gasteiger partial charge < -0.3 is 15.4 Å². The molecule has 18 heavy (non-hydrogen) atoms. The number of hydrogen-bond donors (Lipinski definition) is 1. The lowest BCUT2D eigenvalue weighted by Crippen LogP contribution is -2.39. The summed E-state index contributed by atoms with van der Waals surface area (Å²) in [6.45, 7) is 5.65. The van der Waals surface area contributed by atoms with Crippen LogP contribution in [0.15, 0.2) is 10.7 Å². The van der Waals surface area contributed by atoms with Crippen LogP contribution in [-0.2, 0) is 0 Å². The lowest BCUT2D eigenvalue weighted by molar-refractivity contribution is 0.392. The first-order valence-electron chi connectivity index (χ1n) is 6.21. The van der Waals surface area contributed by atoms with E-state index in [0.717, 1.165) is 23.9 Å². The average Bonchev–Trinajstić information content (AvgIpc) is 2.40. The number of anilines is 1. The van der Waals surface area contributed by atoms with Crippen LogP contribution in [0.3, 0.4) is 0 Å². The van der Waals surface area contributed by atoms with E-state index in [1.807, 2.05) is 0 Å². The predicted octanol–water partition coefficient (Wildman–Crippen LogP) is 2.20. The highest BCUT2D eigenvalue weighted by Crippen LogP contribution is 2.25. The van der Waals surface area contributed by atoms with E-state index in [1.165, 1.54) is 0 Å². The zero-order valence-corrected chi connectivity index (χ0v) is 12.8. The van der Waals surface area contributed by atoms with E-state index in [1.54, 1.807) is 13.3 Å². The van der Waals surface area contributed by atoms with Crippen molar-refractivity contribution in [2.24, 2.45) is 5.73 Å². The van der Waals surface area contributed by atoms with E-state index < -0.39 is 0 Å². The van der Waals surface area contributed by atoms with Gasteiger partial charge in [0, 0.05) is 19.1 Å². The van der Waals surface area contributed by atoms with Crippen molar-refractivity contribution in [1.82, 2.24) is 9.97 Å². The molecule has 0 fully saturated rings. The first-order valence-corrected chi connectivity index (χ1v) is 7.00. The Bertz CT molecular complexity index is 371. The van der Waals surface area contributed by atoms with Crippen LogP contribution in [0, 0.1) is 0 Å². The molecule has 102 valence electrons. The van der Waals surface area contributed by atoms with Gasteiger partial charge in [0.15, 0.2) is 0 Å². The van der Waals surface area contributed by atoms with Gasteiger partial charge in [-0.25, -0.2) is 4.98 Å². The molecule has 0 spiro atoms. The quantitative estimate of drug-likeness (QED) is 0.835. The van der Waals surface area contributed by atoms with Crippen LogP contribution >= 0.6 is 15.9 Å². The largest absolute Gasteiger partial charge is 0.480 e. The van der Waals surface area contributed by atoms with Crippen LogP contribution in [0.4, 0.5) is 5.95 Å². The van der Waals surface area contributed by atoms with Crippen molar-refractivity contribution in [3.63, 3.8) is 0 Å². The molecule has 1 heterocycles. The van der Waals surface area contributed by atoms with Gasteiger partial charge >= 0.3 is 0 Å². The van der Waals surface area contributed by atoms with Crippen LogP contribution in [0.25, 0.3) is 0 Å². The van der Waals surface area contributed by atoms with E-state index in [4.69, 9.17) is 10.5 Å². The van der Waals surface area contributed by atoms with Gasteiger partial charge in [-0.3, -0.25) is 0 Å². The minimum Gasteiger partial charge on any atom is -0.480 e. The topological polar surface area (TPSA) is 64.3 Å². The molecule has 0 aliphatic rings. The van der Waals surface area contributed by atoms with Gasteiger partial charge in [-0.2, -0.15) is 4.98 Å². The van der Waals surface area contributed by atoms with E-state index in [0.29, 0.717) is 24.4 Å². The summed E-state index contributed by atoms with van der Waals surface area (Å²) in [5.74, 6) is 1.22. The van der Waals surface area contributed by atoms with Gasteiger partial charge in [-0.15, -0.1) is 0 Å². The number of hydrogen-bond acceptors (Lipinski definition) is 5. The number of methoxy groups -OCH3 is 1. The van der Waals surface area contributed by atoms with Crippen molar-refractivity contribution in [3.8, 4) is 5.88 Å². The van der Waals surface area contributed by atoms with Crippen molar-refractivity contribution in [3.05, 3.63) is 10.7 Å². The van der Waals surface area contributed by atoms with E-state index in [-0.39, 0.29) is 0 Å². The van der Waals surface area contributed by atoms with Crippen molar-refractivity contribution in [2.75, 3.05) is 25.1 Å². The lowest BCUT2D eigenvalue weighted by Gasteiger charge is -2.30. The minimum absolute atomic E-state index is 0.402. The Morgan fingerprint density at radius 1 is 1.44 bits per heavy atom. The molecular weight excluding hydrogens is 296 g/mol. The molecule has 6 heteroatoms. The summed E-state index contributed by atoms with van der Waals surface area (Å²) in [4.78, 5) is 10.9. The Balaban J connectivity index is 3.04. The SMILES string of the molecule is CCC(CC)N(CCN)c1ncc(Br)c(OC)n1. The molecule has 0 radical (unpaired) electrons. The summed E-state index contributed by atoms with van der Waals surface area (Å²) in [7, 11) is 1.60. The van der Waals surface area contributed by atoms with Crippen molar-refractivity contribution < 1.29 is 4.74 Å². The van der Waals surface area contributed by atoms with Crippen LogP contribution in [0.5, 0.6) is 5.88 Å². The van der Waals surface area contributed by atoms with Crippen LogP contribution in [-0.4, -0.2) is 36.2 Å². The molecule has 0 amide bonds. The molecule has 1 aromatic heterocycles. The van der Waals surface area contributed by atoms with E-state index in [9.17, 15) is 0 Å². The van der Waals surface area contributed by atoms with Crippen molar-refractivity contribution in [2.45, 2.75) is 32.7 Å². The third kappa shape index (κ3) is 3.55. The smallest absolute Gasteiger partial charge is 0.232 e. The Kier molecular flexibility index (Phi) is 6.35. The van der Waals surface area contributed by atoms with Gasteiger partial charge in [-0.05, 0) is 28.8 Å². The van der Waals surface area contributed by atoms with Gasteiger partial charge in [0.25, 0.3) is 0 Å². The molecule has 0 bridgehead atoms. The molecule has 1 rings (SSSR count). The van der Waals surface area contributed by atoms with E-state index >= 15 is 0 Å². The number of halogens is 1. The molecule has 0 aromatic carbocycles. The Morgan fingerprint density at radius 3 is 2.61 bits per heavy atom. The number of ether oxygens (including phenoxy) is 1. The fraction of sp³-hybridized carbons (Fsp3) is 0.667.